The molecule has 0 saturated carbocycles. The molecule has 0 saturated heterocycles. The SMILES string of the molecule is CCCNC(c1ncc(C)cn1)c1ccc(OC)cc1C. The van der Waals surface area contributed by atoms with Crippen LogP contribution in [0.1, 0.15) is 41.9 Å². The van der Waals surface area contributed by atoms with Crippen LogP contribution in [0.3, 0.4) is 0 Å². The molecule has 0 aliphatic rings. The molecule has 1 heterocycles. The lowest BCUT2D eigenvalue weighted by Crippen LogP contribution is -2.25. The van der Waals surface area contributed by atoms with E-state index >= 15 is 0 Å². The Hall–Kier alpha value is -1.94. The van der Waals surface area contributed by atoms with Gasteiger partial charge >= 0.3 is 0 Å². The topological polar surface area (TPSA) is 47.0 Å². The number of benzene rings is 1. The van der Waals surface area contributed by atoms with E-state index in [0.29, 0.717) is 0 Å². The summed E-state index contributed by atoms with van der Waals surface area (Å²) in [5, 5.41) is 3.53. The average molecular weight is 285 g/mol. The maximum atomic E-state index is 5.28. The van der Waals surface area contributed by atoms with Crippen LogP contribution in [0.2, 0.25) is 0 Å². The summed E-state index contributed by atoms with van der Waals surface area (Å²) in [7, 11) is 1.68. The molecule has 0 amide bonds. The number of aryl methyl sites for hydroxylation is 2. The Balaban J connectivity index is 2.37. The molecule has 1 atom stereocenters. The van der Waals surface area contributed by atoms with Crippen molar-refractivity contribution >= 4 is 0 Å². The van der Waals surface area contributed by atoms with E-state index in [1.54, 1.807) is 7.11 Å². The minimum absolute atomic E-state index is 0.0106. The first-order valence-corrected chi connectivity index (χ1v) is 7.32. The van der Waals surface area contributed by atoms with Crippen LogP contribution in [0.25, 0.3) is 0 Å². The van der Waals surface area contributed by atoms with E-state index in [9.17, 15) is 0 Å². The van der Waals surface area contributed by atoms with Gasteiger partial charge in [-0.1, -0.05) is 13.0 Å². The molecule has 0 spiro atoms. The van der Waals surface area contributed by atoms with Crippen molar-refractivity contribution in [2.45, 2.75) is 33.2 Å². The van der Waals surface area contributed by atoms with Gasteiger partial charge in [0.05, 0.1) is 13.2 Å². The summed E-state index contributed by atoms with van der Waals surface area (Å²) in [5.41, 5.74) is 3.43. The van der Waals surface area contributed by atoms with E-state index in [4.69, 9.17) is 4.74 Å². The van der Waals surface area contributed by atoms with E-state index < -0.39 is 0 Å². The first-order chi connectivity index (χ1) is 10.2. The molecule has 1 N–H and O–H groups in total. The van der Waals surface area contributed by atoms with Crippen LogP contribution >= 0.6 is 0 Å². The Morgan fingerprint density at radius 1 is 1.19 bits per heavy atom. The fourth-order valence-corrected chi connectivity index (χ4v) is 2.28. The third-order valence-corrected chi connectivity index (χ3v) is 3.45. The van der Waals surface area contributed by atoms with Gasteiger partial charge in [0.1, 0.15) is 11.6 Å². The van der Waals surface area contributed by atoms with Crippen LogP contribution in [0.4, 0.5) is 0 Å². The Morgan fingerprint density at radius 3 is 2.48 bits per heavy atom. The summed E-state index contributed by atoms with van der Waals surface area (Å²) in [6.07, 6.45) is 4.79. The van der Waals surface area contributed by atoms with Crippen LogP contribution in [-0.2, 0) is 0 Å². The van der Waals surface area contributed by atoms with Crippen LogP contribution < -0.4 is 10.1 Å². The highest BCUT2D eigenvalue weighted by atomic mass is 16.5. The van der Waals surface area contributed by atoms with Crippen LogP contribution in [0, 0.1) is 13.8 Å². The van der Waals surface area contributed by atoms with Gasteiger partial charge in [-0.05, 0) is 55.6 Å². The van der Waals surface area contributed by atoms with Crippen molar-refractivity contribution in [1.29, 1.82) is 0 Å². The minimum Gasteiger partial charge on any atom is -0.497 e. The van der Waals surface area contributed by atoms with Crippen LogP contribution in [0.15, 0.2) is 30.6 Å². The van der Waals surface area contributed by atoms with Gasteiger partial charge in [-0.15, -0.1) is 0 Å². The molecule has 2 rings (SSSR count). The number of hydrogen-bond donors (Lipinski definition) is 1. The van der Waals surface area contributed by atoms with Crippen LogP contribution in [0.5, 0.6) is 5.75 Å². The van der Waals surface area contributed by atoms with Crippen molar-refractivity contribution in [1.82, 2.24) is 15.3 Å². The zero-order valence-corrected chi connectivity index (χ0v) is 13.2. The fourth-order valence-electron chi connectivity index (χ4n) is 2.28. The van der Waals surface area contributed by atoms with Gasteiger partial charge in [-0.3, -0.25) is 0 Å². The zero-order valence-electron chi connectivity index (χ0n) is 13.2. The highest BCUT2D eigenvalue weighted by Gasteiger charge is 2.18. The Morgan fingerprint density at radius 2 is 1.90 bits per heavy atom. The summed E-state index contributed by atoms with van der Waals surface area (Å²) < 4.78 is 5.28. The van der Waals surface area contributed by atoms with Gasteiger partial charge in [0.15, 0.2) is 0 Å². The second-order valence-electron chi connectivity index (χ2n) is 5.23. The lowest BCUT2D eigenvalue weighted by atomic mass is 10.00. The van der Waals surface area contributed by atoms with Gasteiger partial charge in [-0.2, -0.15) is 0 Å². The molecule has 112 valence electrons. The number of nitrogens with one attached hydrogen (secondary N) is 1. The second kappa shape index (κ2) is 7.18. The van der Waals surface area contributed by atoms with Crippen molar-refractivity contribution in [3.63, 3.8) is 0 Å². The fraction of sp³-hybridized carbons (Fsp3) is 0.412. The quantitative estimate of drug-likeness (QED) is 0.885. The van der Waals surface area contributed by atoms with E-state index in [0.717, 1.165) is 30.1 Å². The number of rotatable bonds is 6. The van der Waals surface area contributed by atoms with Crippen molar-refractivity contribution in [3.05, 3.63) is 53.1 Å². The van der Waals surface area contributed by atoms with E-state index in [1.807, 2.05) is 31.5 Å². The van der Waals surface area contributed by atoms with Gasteiger partial charge < -0.3 is 10.1 Å². The molecule has 0 bridgehead atoms. The maximum absolute atomic E-state index is 5.28. The normalized spacial score (nSPS) is 12.2. The van der Waals surface area contributed by atoms with Crippen molar-refractivity contribution in [3.8, 4) is 5.75 Å². The number of aromatic nitrogens is 2. The molecular formula is C17H23N3O. The summed E-state index contributed by atoms with van der Waals surface area (Å²) in [5.74, 6) is 1.68. The molecule has 21 heavy (non-hydrogen) atoms. The van der Waals surface area contributed by atoms with Crippen molar-refractivity contribution < 1.29 is 4.74 Å². The molecule has 0 radical (unpaired) electrons. The largest absolute Gasteiger partial charge is 0.497 e. The molecule has 1 aromatic carbocycles. The molecule has 4 nitrogen and oxygen atoms in total. The highest BCUT2D eigenvalue weighted by Crippen LogP contribution is 2.25. The van der Waals surface area contributed by atoms with E-state index in [-0.39, 0.29) is 6.04 Å². The highest BCUT2D eigenvalue weighted by molar-refractivity contribution is 5.38. The molecular weight excluding hydrogens is 262 g/mol. The molecule has 0 fully saturated rings. The first-order valence-electron chi connectivity index (χ1n) is 7.32. The summed E-state index contributed by atoms with van der Waals surface area (Å²) >= 11 is 0. The first kappa shape index (κ1) is 15.4. The van der Waals surface area contributed by atoms with Crippen molar-refractivity contribution in [2.75, 3.05) is 13.7 Å². The average Bonchev–Trinajstić information content (AvgIpc) is 2.50. The standard InChI is InChI=1S/C17H23N3O/c1-5-8-18-16(17-19-10-12(2)11-20-17)15-7-6-14(21-4)9-13(15)3/h6-7,9-11,16,18H,5,8H2,1-4H3. The lowest BCUT2D eigenvalue weighted by molar-refractivity contribution is 0.414. The minimum atomic E-state index is 0.0106. The smallest absolute Gasteiger partial charge is 0.149 e. The predicted molar refractivity (Wildman–Crippen MR) is 84.6 cm³/mol. The van der Waals surface area contributed by atoms with Crippen LogP contribution in [-0.4, -0.2) is 23.6 Å². The van der Waals surface area contributed by atoms with Gasteiger partial charge in [0.25, 0.3) is 0 Å². The van der Waals surface area contributed by atoms with Gasteiger partial charge in [0, 0.05) is 12.4 Å². The molecule has 1 aromatic heterocycles. The maximum Gasteiger partial charge on any atom is 0.149 e. The Bertz CT molecular complexity index is 581. The van der Waals surface area contributed by atoms with E-state index in [1.165, 1.54) is 11.1 Å². The summed E-state index contributed by atoms with van der Waals surface area (Å²) in [6.45, 7) is 7.16. The van der Waals surface area contributed by atoms with Crippen molar-refractivity contribution in [2.24, 2.45) is 0 Å². The monoisotopic (exact) mass is 285 g/mol. The lowest BCUT2D eigenvalue weighted by Gasteiger charge is -2.20. The third kappa shape index (κ3) is 3.79. The Kier molecular flexibility index (Phi) is 5.28. The van der Waals surface area contributed by atoms with Gasteiger partial charge in [0.2, 0.25) is 0 Å². The Labute approximate surface area is 126 Å². The molecule has 1 unspecified atom stereocenters. The van der Waals surface area contributed by atoms with Gasteiger partial charge in [-0.25, -0.2) is 9.97 Å². The predicted octanol–water partition coefficient (Wildman–Crippen LogP) is 3.19. The number of ether oxygens (including phenoxy) is 1. The number of hydrogen-bond acceptors (Lipinski definition) is 4. The molecule has 4 heteroatoms. The molecule has 2 aromatic rings. The second-order valence-corrected chi connectivity index (χ2v) is 5.23. The van der Waals surface area contributed by atoms with E-state index in [2.05, 4.69) is 35.2 Å². The number of methoxy groups -OCH3 is 1. The number of nitrogens with zero attached hydrogens (tertiary/aromatic N) is 2. The summed E-state index contributed by atoms with van der Waals surface area (Å²) in [4.78, 5) is 8.97. The zero-order chi connectivity index (χ0) is 15.2. The third-order valence-electron chi connectivity index (χ3n) is 3.45. The summed E-state index contributed by atoms with van der Waals surface area (Å²) in [6, 6.07) is 6.13. The molecule has 0 aliphatic heterocycles. The molecule has 0 aliphatic carbocycles.